The number of amides is 2. The highest BCUT2D eigenvalue weighted by Crippen LogP contribution is 2.23. The number of rotatable bonds is 2. The lowest BCUT2D eigenvalue weighted by atomic mass is 10.1. The Hall–Kier alpha value is -1.07. The zero-order valence-corrected chi connectivity index (χ0v) is 11.2. The van der Waals surface area contributed by atoms with Crippen molar-refractivity contribution in [2.45, 2.75) is 19.4 Å². The molecule has 0 saturated carbocycles. The number of thiophene rings is 1. The number of hydrogen-bond acceptors (Lipinski definition) is 3. The van der Waals surface area contributed by atoms with Gasteiger partial charge in [0.15, 0.2) is 0 Å². The topological polar surface area (TPSA) is 41.6 Å². The molecule has 0 spiro atoms. The molecule has 0 radical (unpaired) electrons. The van der Waals surface area contributed by atoms with E-state index >= 15 is 0 Å². The van der Waals surface area contributed by atoms with E-state index in [1.807, 2.05) is 4.90 Å². The summed E-state index contributed by atoms with van der Waals surface area (Å²) in [5, 5.41) is 5.14. The molecule has 2 aliphatic rings. The summed E-state index contributed by atoms with van der Waals surface area (Å²) in [6.45, 7) is 3.95. The van der Waals surface area contributed by atoms with E-state index in [4.69, 9.17) is 4.74 Å². The molecule has 98 valence electrons. The van der Waals surface area contributed by atoms with Crippen LogP contribution in [0.4, 0.5) is 4.79 Å². The quantitative estimate of drug-likeness (QED) is 0.887. The van der Waals surface area contributed by atoms with Crippen LogP contribution < -0.4 is 5.32 Å². The molecule has 1 fully saturated rings. The van der Waals surface area contributed by atoms with Crippen LogP contribution in [0.15, 0.2) is 11.4 Å². The van der Waals surface area contributed by atoms with Gasteiger partial charge in [0.25, 0.3) is 0 Å². The summed E-state index contributed by atoms with van der Waals surface area (Å²) in [5.74, 6) is 0.496. The van der Waals surface area contributed by atoms with Crippen LogP contribution >= 0.6 is 11.3 Å². The minimum absolute atomic E-state index is 0.0683. The second kappa shape index (κ2) is 5.28. The summed E-state index contributed by atoms with van der Waals surface area (Å²) >= 11 is 1.80. The second-order valence-corrected chi connectivity index (χ2v) is 5.96. The van der Waals surface area contributed by atoms with Crippen LogP contribution in [0.25, 0.3) is 0 Å². The van der Waals surface area contributed by atoms with Crippen molar-refractivity contribution < 1.29 is 9.53 Å². The van der Waals surface area contributed by atoms with Gasteiger partial charge in [-0.1, -0.05) is 0 Å². The summed E-state index contributed by atoms with van der Waals surface area (Å²) in [7, 11) is 0. The van der Waals surface area contributed by atoms with E-state index in [0.29, 0.717) is 5.92 Å². The molecule has 2 amide bonds. The van der Waals surface area contributed by atoms with Gasteiger partial charge in [0.2, 0.25) is 0 Å². The smallest absolute Gasteiger partial charge is 0.317 e. The van der Waals surface area contributed by atoms with Gasteiger partial charge in [0.05, 0.1) is 6.61 Å². The number of carbonyl (C=O) groups is 1. The van der Waals surface area contributed by atoms with E-state index in [2.05, 4.69) is 16.8 Å². The molecule has 0 bridgehead atoms. The lowest BCUT2D eigenvalue weighted by Gasteiger charge is -2.27. The van der Waals surface area contributed by atoms with E-state index < -0.39 is 0 Å². The first-order chi connectivity index (χ1) is 8.83. The summed E-state index contributed by atoms with van der Waals surface area (Å²) in [4.78, 5) is 15.4. The van der Waals surface area contributed by atoms with Gasteiger partial charge in [-0.25, -0.2) is 4.79 Å². The maximum Gasteiger partial charge on any atom is 0.317 e. The van der Waals surface area contributed by atoms with Crippen molar-refractivity contribution in [2.24, 2.45) is 5.92 Å². The third-order valence-corrected chi connectivity index (χ3v) is 4.68. The van der Waals surface area contributed by atoms with Crippen molar-refractivity contribution in [3.8, 4) is 0 Å². The monoisotopic (exact) mass is 266 g/mol. The fourth-order valence-corrected chi connectivity index (χ4v) is 3.40. The minimum atomic E-state index is 0.0683. The first-order valence-electron chi connectivity index (χ1n) is 6.48. The molecule has 3 rings (SSSR count). The Morgan fingerprint density at radius 2 is 2.56 bits per heavy atom. The molecule has 4 nitrogen and oxygen atoms in total. The molecule has 0 aliphatic carbocycles. The van der Waals surface area contributed by atoms with Crippen LogP contribution in [0.2, 0.25) is 0 Å². The number of ether oxygens (including phenoxy) is 1. The Morgan fingerprint density at radius 3 is 3.39 bits per heavy atom. The summed E-state index contributed by atoms with van der Waals surface area (Å²) in [6.07, 6.45) is 2.06. The van der Waals surface area contributed by atoms with Gasteiger partial charge in [-0.2, -0.15) is 0 Å². The van der Waals surface area contributed by atoms with Crippen molar-refractivity contribution in [1.29, 1.82) is 0 Å². The molecule has 1 saturated heterocycles. The minimum Gasteiger partial charge on any atom is -0.381 e. The molecular weight excluding hydrogens is 248 g/mol. The van der Waals surface area contributed by atoms with Crippen LogP contribution in [-0.4, -0.2) is 37.2 Å². The van der Waals surface area contributed by atoms with Gasteiger partial charge in [-0.3, -0.25) is 0 Å². The largest absolute Gasteiger partial charge is 0.381 e. The number of nitrogens with one attached hydrogen (secondary N) is 1. The van der Waals surface area contributed by atoms with Crippen molar-refractivity contribution in [3.63, 3.8) is 0 Å². The number of fused-ring (bicyclic) bond motifs is 1. The maximum atomic E-state index is 12.1. The summed E-state index contributed by atoms with van der Waals surface area (Å²) in [5.41, 5.74) is 1.31. The van der Waals surface area contributed by atoms with Gasteiger partial charge in [-0.15, -0.1) is 11.3 Å². The molecule has 5 heteroatoms. The van der Waals surface area contributed by atoms with Crippen LogP contribution in [0.3, 0.4) is 0 Å². The average molecular weight is 266 g/mol. The number of hydrogen-bond donors (Lipinski definition) is 1. The predicted molar refractivity (Wildman–Crippen MR) is 70.8 cm³/mol. The number of urea groups is 1. The van der Waals surface area contributed by atoms with Crippen LogP contribution in [-0.2, 0) is 17.7 Å². The second-order valence-electron chi connectivity index (χ2n) is 4.96. The van der Waals surface area contributed by atoms with E-state index in [0.717, 1.165) is 45.7 Å². The molecule has 1 atom stereocenters. The van der Waals surface area contributed by atoms with Gasteiger partial charge < -0.3 is 15.0 Å². The highest BCUT2D eigenvalue weighted by Gasteiger charge is 2.22. The highest BCUT2D eigenvalue weighted by molar-refractivity contribution is 7.10. The standard InChI is InChI=1S/C13H18N2O2S/c16-13(14-7-10-2-5-17-9-10)15-4-1-12-11(8-15)3-6-18-12/h3,6,10H,1-2,4-5,7-9H2,(H,14,16)/t10-/m1/s1. The lowest BCUT2D eigenvalue weighted by molar-refractivity contribution is 0.179. The van der Waals surface area contributed by atoms with Crippen LogP contribution in [0, 0.1) is 5.92 Å². The zero-order valence-electron chi connectivity index (χ0n) is 10.4. The van der Waals surface area contributed by atoms with Gasteiger partial charge in [-0.05, 0) is 29.9 Å². The lowest BCUT2D eigenvalue weighted by Crippen LogP contribution is -2.44. The van der Waals surface area contributed by atoms with E-state index in [1.165, 1.54) is 10.4 Å². The highest BCUT2D eigenvalue weighted by atomic mass is 32.1. The predicted octanol–water partition coefficient (Wildman–Crippen LogP) is 1.85. The normalized spacial score (nSPS) is 22.9. The third-order valence-electron chi connectivity index (χ3n) is 3.66. The molecule has 2 aliphatic heterocycles. The van der Waals surface area contributed by atoms with Crippen molar-refractivity contribution in [3.05, 3.63) is 21.9 Å². The van der Waals surface area contributed by atoms with Gasteiger partial charge >= 0.3 is 6.03 Å². The number of nitrogens with zero attached hydrogens (tertiary/aromatic N) is 1. The Balaban J connectivity index is 1.51. The Kier molecular flexibility index (Phi) is 3.52. The first-order valence-corrected chi connectivity index (χ1v) is 7.36. The third kappa shape index (κ3) is 2.52. The van der Waals surface area contributed by atoms with Crippen molar-refractivity contribution in [1.82, 2.24) is 10.2 Å². The fraction of sp³-hybridized carbons (Fsp3) is 0.615. The Morgan fingerprint density at radius 1 is 1.61 bits per heavy atom. The Bertz CT molecular complexity index is 426. The molecule has 1 aromatic heterocycles. The van der Waals surface area contributed by atoms with Gasteiger partial charge in [0, 0.05) is 37.0 Å². The average Bonchev–Trinajstić information content (AvgIpc) is 3.05. The van der Waals surface area contributed by atoms with E-state index in [1.54, 1.807) is 11.3 Å². The maximum absolute atomic E-state index is 12.1. The zero-order chi connectivity index (χ0) is 12.4. The summed E-state index contributed by atoms with van der Waals surface area (Å²) < 4.78 is 5.31. The van der Waals surface area contributed by atoms with Crippen molar-refractivity contribution in [2.75, 3.05) is 26.3 Å². The van der Waals surface area contributed by atoms with Crippen molar-refractivity contribution >= 4 is 17.4 Å². The molecule has 1 N–H and O–H groups in total. The molecule has 3 heterocycles. The van der Waals surface area contributed by atoms with Crippen LogP contribution in [0.5, 0.6) is 0 Å². The molecular formula is C13H18N2O2S. The van der Waals surface area contributed by atoms with E-state index in [9.17, 15) is 4.79 Å². The molecule has 1 aromatic rings. The fourth-order valence-electron chi connectivity index (χ4n) is 2.51. The molecule has 0 aromatic carbocycles. The Labute approximate surface area is 111 Å². The SMILES string of the molecule is O=C(NC[C@H]1CCOC1)N1CCc2sccc2C1. The number of carbonyl (C=O) groups excluding carboxylic acids is 1. The van der Waals surface area contributed by atoms with Gasteiger partial charge in [0.1, 0.15) is 0 Å². The summed E-state index contributed by atoms with van der Waals surface area (Å²) in [6, 6.07) is 2.20. The molecule has 18 heavy (non-hydrogen) atoms. The van der Waals surface area contributed by atoms with Crippen LogP contribution in [0.1, 0.15) is 16.9 Å². The van der Waals surface area contributed by atoms with E-state index in [-0.39, 0.29) is 6.03 Å². The molecule has 0 unspecified atom stereocenters. The first kappa shape index (κ1) is 12.0.